The van der Waals surface area contributed by atoms with Gasteiger partial charge in [-0.25, -0.2) is 4.39 Å². The number of hydrogen-bond acceptors (Lipinski definition) is 3. The van der Waals surface area contributed by atoms with E-state index in [2.05, 4.69) is 13.8 Å². The predicted molar refractivity (Wildman–Crippen MR) is 114 cm³/mol. The van der Waals surface area contributed by atoms with Crippen LogP contribution in [0.1, 0.15) is 51.5 Å². The first kappa shape index (κ1) is 23.8. The molecule has 1 fully saturated rings. The Bertz CT molecular complexity index is 694. The predicted octanol–water partition coefficient (Wildman–Crippen LogP) is 2.86. The van der Waals surface area contributed by atoms with Gasteiger partial charge in [-0.1, -0.05) is 26.0 Å². The molecule has 3 amide bonds. The zero-order chi connectivity index (χ0) is 21.9. The van der Waals surface area contributed by atoms with Crippen molar-refractivity contribution in [2.24, 2.45) is 0 Å². The van der Waals surface area contributed by atoms with E-state index < -0.39 is 0 Å². The van der Waals surface area contributed by atoms with Gasteiger partial charge in [0, 0.05) is 52.1 Å². The Hall–Kier alpha value is -2.44. The highest BCUT2D eigenvalue weighted by Crippen LogP contribution is 2.11. The van der Waals surface area contributed by atoms with Crippen molar-refractivity contribution in [3.05, 3.63) is 35.6 Å². The zero-order valence-electron chi connectivity index (χ0n) is 18.2. The molecule has 1 aliphatic heterocycles. The summed E-state index contributed by atoms with van der Waals surface area (Å²) in [5.41, 5.74) is 0.782. The average molecular weight is 420 g/mol. The van der Waals surface area contributed by atoms with Crippen LogP contribution in [0.3, 0.4) is 0 Å². The number of carbonyl (C=O) groups is 3. The van der Waals surface area contributed by atoms with Gasteiger partial charge < -0.3 is 14.7 Å². The Morgan fingerprint density at radius 3 is 1.93 bits per heavy atom. The minimum Gasteiger partial charge on any atom is -0.343 e. The molecule has 0 bridgehead atoms. The standard InChI is InChI=1S/C23H34FN3O3/c1-3-12-25(13-4-2)21(28)6-5-7-22(29)26-14-16-27(17-15-26)23(30)18-19-8-10-20(24)11-9-19/h8-11H,3-7,12-18H2,1-2H3. The second kappa shape index (κ2) is 12.3. The van der Waals surface area contributed by atoms with Crippen molar-refractivity contribution in [2.45, 2.75) is 52.4 Å². The molecule has 0 spiro atoms. The Kier molecular flexibility index (Phi) is 9.77. The van der Waals surface area contributed by atoms with Crippen LogP contribution in [-0.4, -0.2) is 71.7 Å². The van der Waals surface area contributed by atoms with Gasteiger partial charge in [0.05, 0.1) is 6.42 Å². The topological polar surface area (TPSA) is 60.9 Å². The third kappa shape index (κ3) is 7.43. The number of piperazine rings is 1. The summed E-state index contributed by atoms with van der Waals surface area (Å²) < 4.78 is 13.0. The lowest BCUT2D eigenvalue weighted by Crippen LogP contribution is -2.51. The van der Waals surface area contributed by atoms with Gasteiger partial charge in [-0.15, -0.1) is 0 Å². The molecule has 1 aliphatic rings. The third-order valence-corrected chi connectivity index (χ3v) is 5.37. The lowest BCUT2D eigenvalue weighted by atomic mass is 10.1. The lowest BCUT2D eigenvalue weighted by Gasteiger charge is -2.35. The minimum atomic E-state index is -0.316. The smallest absolute Gasteiger partial charge is 0.227 e. The number of rotatable bonds is 10. The van der Waals surface area contributed by atoms with Crippen LogP contribution in [0, 0.1) is 5.82 Å². The van der Waals surface area contributed by atoms with Crippen molar-refractivity contribution >= 4 is 17.7 Å². The summed E-state index contributed by atoms with van der Waals surface area (Å²) in [5, 5.41) is 0. The van der Waals surface area contributed by atoms with Crippen LogP contribution in [0.15, 0.2) is 24.3 Å². The van der Waals surface area contributed by atoms with E-state index >= 15 is 0 Å². The van der Waals surface area contributed by atoms with E-state index in [1.165, 1.54) is 12.1 Å². The first-order valence-corrected chi connectivity index (χ1v) is 11.0. The maximum atomic E-state index is 13.0. The summed E-state index contributed by atoms with van der Waals surface area (Å²) in [7, 11) is 0. The largest absolute Gasteiger partial charge is 0.343 e. The van der Waals surface area contributed by atoms with Gasteiger partial charge in [0.1, 0.15) is 5.82 Å². The van der Waals surface area contributed by atoms with Crippen molar-refractivity contribution in [3.8, 4) is 0 Å². The SMILES string of the molecule is CCCN(CCC)C(=O)CCCC(=O)N1CCN(C(=O)Cc2ccc(F)cc2)CC1. The van der Waals surface area contributed by atoms with Crippen molar-refractivity contribution in [3.63, 3.8) is 0 Å². The molecule has 7 heteroatoms. The highest BCUT2D eigenvalue weighted by atomic mass is 19.1. The zero-order valence-corrected chi connectivity index (χ0v) is 18.2. The number of hydrogen-bond donors (Lipinski definition) is 0. The van der Waals surface area contributed by atoms with Crippen molar-refractivity contribution in [2.75, 3.05) is 39.3 Å². The molecule has 0 saturated carbocycles. The Morgan fingerprint density at radius 1 is 0.867 bits per heavy atom. The van der Waals surface area contributed by atoms with E-state index in [1.54, 1.807) is 21.9 Å². The molecule has 0 aromatic heterocycles. The fourth-order valence-corrected chi connectivity index (χ4v) is 3.70. The van der Waals surface area contributed by atoms with Crippen LogP contribution in [0.25, 0.3) is 0 Å². The van der Waals surface area contributed by atoms with E-state index in [4.69, 9.17) is 0 Å². The van der Waals surface area contributed by atoms with Gasteiger partial charge in [-0.05, 0) is 37.0 Å². The highest BCUT2D eigenvalue weighted by molar-refractivity contribution is 5.81. The number of benzene rings is 1. The first-order chi connectivity index (χ1) is 14.4. The highest BCUT2D eigenvalue weighted by Gasteiger charge is 2.24. The van der Waals surface area contributed by atoms with Gasteiger partial charge in [0.2, 0.25) is 17.7 Å². The number of amides is 3. The summed E-state index contributed by atoms with van der Waals surface area (Å²) in [6.45, 7) is 7.70. The van der Waals surface area contributed by atoms with Gasteiger partial charge >= 0.3 is 0 Å². The molecule has 1 aromatic carbocycles. The third-order valence-electron chi connectivity index (χ3n) is 5.37. The van der Waals surface area contributed by atoms with Crippen LogP contribution in [0.4, 0.5) is 4.39 Å². The van der Waals surface area contributed by atoms with Gasteiger partial charge in [0.15, 0.2) is 0 Å². The molecule has 1 aromatic rings. The molecule has 1 saturated heterocycles. The molecule has 0 aliphatic carbocycles. The minimum absolute atomic E-state index is 0.00811. The van der Waals surface area contributed by atoms with Crippen LogP contribution in [0.5, 0.6) is 0 Å². The van der Waals surface area contributed by atoms with Gasteiger partial charge in [0.25, 0.3) is 0 Å². The van der Waals surface area contributed by atoms with Crippen LogP contribution in [-0.2, 0) is 20.8 Å². The monoisotopic (exact) mass is 419 g/mol. The van der Waals surface area contributed by atoms with Crippen LogP contribution < -0.4 is 0 Å². The molecular weight excluding hydrogens is 385 g/mol. The molecule has 6 nitrogen and oxygen atoms in total. The molecular formula is C23H34FN3O3. The Balaban J connectivity index is 1.70. The molecule has 166 valence electrons. The molecule has 1 heterocycles. The fourth-order valence-electron chi connectivity index (χ4n) is 3.70. The van der Waals surface area contributed by atoms with Crippen molar-refractivity contribution in [1.82, 2.24) is 14.7 Å². The summed E-state index contributed by atoms with van der Waals surface area (Å²) in [6.07, 6.45) is 3.44. The second-order valence-corrected chi connectivity index (χ2v) is 7.80. The summed E-state index contributed by atoms with van der Waals surface area (Å²) in [6, 6.07) is 5.95. The number of halogens is 1. The summed E-state index contributed by atoms with van der Waals surface area (Å²) >= 11 is 0. The van der Waals surface area contributed by atoms with E-state index in [1.807, 2.05) is 4.90 Å². The van der Waals surface area contributed by atoms with Crippen LogP contribution in [0.2, 0.25) is 0 Å². The normalized spacial score (nSPS) is 14.0. The maximum absolute atomic E-state index is 13.0. The second-order valence-electron chi connectivity index (χ2n) is 7.80. The Morgan fingerprint density at radius 2 is 1.40 bits per heavy atom. The lowest BCUT2D eigenvalue weighted by molar-refractivity contribution is -0.139. The van der Waals surface area contributed by atoms with Crippen molar-refractivity contribution < 1.29 is 18.8 Å². The summed E-state index contributed by atoms with van der Waals surface area (Å²) in [4.78, 5) is 42.6. The molecule has 0 atom stereocenters. The summed E-state index contributed by atoms with van der Waals surface area (Å²) in [5.74, 6) is -0.150. The number of nitrogens with zero attached hydrogens (tertiary/aromatic N) is 3. The fraction of sp³-hybridized carbons (Fsp3) is 0.609. The van der Waals surface area contributed by atoms with Gasteiger partial charge in [-0.2, -0.15) is 0 Å². The quantitative estimate of drug-likeness (QED) is 0.586. The van der Waals surface area contributed by atoms with Crippen molar-refractivity contribution in [1.29, 1.82) is 0 Å². The van der Waals surface area contributed by atoms with Crippen LogP contribution >= 0.6 is 0 Å². The molecule has 0 unspecified atom stereocenters. The van der Waals surface area contributed by atoms with Gasteiger partial charge in [-0.3, -0.25) is 14.4 Å². The van der Waals surface area contributed by atoms with E-state index in [-0.39, 0.29) is 30.0 Å². The molecule has 0 N–H and O–H groups in total. The number of carbonyl (C=O) groups excluding carboxylic acids is 3. The molecule has 30 heavy (non-hydrogen) atoms. The van der Waals surface area contributed by atoms with E-state index in [0.29, 0.717) is 45.4 Å². The molecule has 2 rings (SSSR count). The average Bonchev–Trinajstić information content (AvgIpc) is 2.75. The first-order valence-electron chi connectivity index (χ1n) is 11.0. The van der Waals surface area contributed by atoms with E-state index in [9.17, 15) is 18.8 Å². The van der Waals surface area contributed by atoms with E-state index in [0.717, 1.165) is 31.5 Å². The Labute approximate surface area is 179 Å². The maximum Gasteiger partial charge on any atom is 0.227 e. The molecule has 0 radical (unpaired) electrons.